The largest absolute Gasteiger partial charge is 0.457 e. The van der Waals surface area contributed by atoms with Gasteiger partial charge >= 0.3 is 0 Å². The molecule has 6 heteroatoms. The maximum atomic E-state index is 5.15. The van der Waals surface area contributed by atoms with Gasteiger partial charge in [-0.1, -0.05) is 5.16 Å². The molecular formula is C10H10BrN3O2. The van der Waals surface area contributed by atoms with Crippen molar-refractivity contribution in [3.63, 3.8) is 0 Å². The first-order chi connectivity index (χ1) is 7.83. The highest BCUT2D eigenvalue weighted by molar-refractivity contribution is 9.10. The van der Waals surface area contributed by atoms with Crippen molar-refractivity contribution in [3.8, 4) is 11.5 Å². The summed E-state index contributed by atoms with van der Waals surface area (Å²) >= 11 is 3.27. The van der Waals surface area contributed by atoms with Gasteiger partial charge in [0, 0.05) is 6.04 Å². The number of halogens is 1. The van der Waals surface area contributed by atoms with Crippen molar-refractivity contribution in [2.24, 2.45) is 0 Å². The second kappa shape index (κ2) is 4.03. The lowest BCUT2D eigenvalue weighted by Crippen LogP contribution is -2.16. The first kappa shape index (κ1) is 10.0. The van der Waals surface area contributed by atoms with Crippen molar-refractivity contribution < 1.29 is 8.94 Å². The molecule has 3 rings (SSSR count). The van der Waals surface area contributed by atoms with E-state index in [0.29, 0.717) is 29.0 Å². The average Bonchev–Trinajstić information content (AvgIpc) is 2.82. The van der Waals surface area contributed by atoms with E-state index in [4.69, 9.17) is 8.94 Å². The fourth-order valence-electron chi connectivity index (χ4n) is 1.40. The second-order valence-electron chi connectivity index (χ2n) is 3.78. The van der Waals surface area contributed by atoms with Crippen LogP contribution in [0.1, 0.15) is 18.7 Å². The van der Waals surface area contributed by atoms with Crippen molar-refractivity contribution in [2.45, 2.75) is 25.4 Å². The van der Waals surface area contributed by atoms with E-state index in [2.05, 4.69) is 31.4 Å². The van der Waals surface area contributed by atoms with E-state index in [0.717, 1.165) is 5.56 Å². The van der Waals surface area contributed by atoms with Crippen molar-refractivity contribution in [1.29, 1.82) is 0 Å². The highest BCUT2D eigenvalue weighted by Gasteiger charge is 2.21. The normalized spacial score (nSPS) is 15.6. The number of hydrogen-bond donors (Lipinski definition) is 1. The molecule has 16 heavy (non-hydrogen) atoms. The van der Waals surface area contributed by atoms with E-state index in [1.165, 1.54) is 12.8 Å². The van der Waals surface area contributed by atoms with Crippen LogP contribution in [0.25, 0.3) is 11.5 Å². The standard InChI is InChI=1S/C10H10BrN3O2/c11-9-7(3-4-15-9)10-13-8(14-16-10)5-12-6-1-2-6/h3-4,6,12H,1-2,5H2. The van der Waals surface area contributed by atoms with Crippen molar-refractivity contribution in [2.75, 3.05) is 0 Å². The quantitative estimate of drug-likeness (QED) is 0.933. The van der Waals surface area contributed by atoms with Crippen molar-refractivity contribution in [3.05, 3.63) is 22.8 Å². The van der Waals surface area contributed by atoms with E-state index < -0.39 is 0 Å². The third-order valence-corrected chi connectivity index (χ3v) is 3.06. The number of hydrogen-bond acceptors (Lipinski definition) is 5. The molecule has 0 aromatic carbocycles. The van der Waals surface area contributed by atoms with Crippen LogP contribution in [-0.2, 0) is 6.54 Å². The van der Waals surface area contributed by atoms with Crippen LogP contribution in [0.4, 0.5) is 0 Å². The molecular weight excluding hydrogens is 274 g/mol. The topological polar surface area (TPSA) is 64.1 Å². The Morgan fingerprint density at radius 3 is 3.06 bits per heavy atom. The zero-order valence-corrected chi connectivity index (χ0v) is 10.0. The Balaban J connectivity index is 1.74. The van der Waals surface area contributed by atoms with Gasteiger partial charge in [-0.15, -0.1) is 0 Å². The first-order valence-corrected chi connectivity index (χ1v) is 5.91. The minimum Gasteiger partial charge on any atom is -0.457 e. The maximum absolute atomic E-state index is 5.15. The molecule has 0 bridgehead atoms. The maximum Gasteiger partial charge on any atom is 0.262 e. The SMILES string of the molecule is Brc1occc1-c1nc(CNC2CC2)no1. The predicted octanol–water partition coefficient (Wildman–Crippen LogP) is 2.34. The summed E-state index contributed by atoms with van der Waals surface area (Å²) in [4.78, 5) is 4.28. The van der Waals surface area contributed by atoms with Gasteiger partial charge in [-0.05, 0) is 34.8 Å². The van der Waals surface area contributed by atoms with Crippen LogP contribution in [0.3, 0.4) is 0 Å². The summed E-state index contributed by atoms with van der Waals surface area (Å²) in [6.07, 6.45) is 4.07. The van der Waals surface area contributed by atoms with E-state index in [-0.39, 0.29) is 0 Å². The molecule has 2 aromatic rings. The summed E-state index contributed by atoms with van der Waals surface area (Å²) in [6, 6.07) is 2.43. The minimum atomic E-state index is 0.480. The van der Waals surface area contributed by atoms with Crippen LogP contribution in [-0.4, -0.2) is 16.2 Å². The smallest absolute Gasteiger partial charge is 0.262 e. The van der Waals surface area contributed by atoms with Crippen LogP contribution < -0.4 is 5.32 Å². The van der Waals surface area contributed by atoms with Gasteiger partial charge in [0.1, 0.15) is 0 Å². The lowest BCUT2D eigenvalue weighted by molar-refractivity contribution is 0.418. The zero-order valence-electron chi connectivity index (χ0n) is 8.44. The third-order valence-electron chi connectivity index (χ3n) is 2.44. The molecule has 84 valence electrons. The van der Waals surface area contributed by atoms with Gasteiger partial charge in [0.25, 0.3) is 5.89 Å². The first-order valence-electron chi connectivity index (χ1n) is 5.12. The molecule has 1 aliphatic rings. The fraction of sp³-hybridized carbons (Fsp3) is 0.400. The Bertz CT molecular complexity index is 490. The van der Waals surface area contributed by atoms with Crippen LogP contribution in [0, 0.1) is 0 Å². The molecule has 0 amide bonds. The zero-order chi connectivity index (χ0) is 11.0. The molecule has 0 aliphatic heterocycles. The summed E-state index contributed by atoms with van der Waals surface area (Å²) in [5.74, 6) is 1.16. The average molecular weight is 284 g/mol. The van der Waals surface area contributed by atoms with Crippen molar-refractivity contribution >= 4 is 15.9 Å². The second-order valence-corrected chi connectivity index (χ2v) is 4.50. The number of nitrogens with one attached hydrogen (secondary N) is 1. The van der Waals surface area contributed by atoms with Crippen LogP contribution in [0.15, 0.2) is 25.9 Å². The van der Waals surface area contributed by atoms with E-state index >= 15 is 0 Å². The van der Waals surface area contributed by atoms with Gasteiger partial charge in [0.05, 0.1) is 18.4 Å². The van der Waals surface area contributed by atoms with Crippen molar-refractivity contribution in [1.82, 2.24) is 15.5 Å². The Kier molecular flexibility index (Phi) is 2.53. The highest BCUT2D eigenvalue weighted by atomic mass is 79.9. The molecule has 0 saturated heterocycles. The molecule has 0 radical (unpaired) electrons. The number of nitrogens with zero attached hydrogens (tertiary/aromatic N) is 2. The lowest BCUT2D eigenvalue weighted by Gasteiger charge is -1.94. The summed E-state index contributed by atoms with van der Waals surface area (Å²) in [6.45, 7) is 0.656. The molecule has 0 spiro atoms. The molecule has 1 aliphatic carbocycles. The van der Waals surface area contributed by atoms with Gasteiger partial charge in [0.2, 0.25) is 0 Å². The van der Waals surface area contributed by atoms with E-state index in [1.54, 1.807) is 12.3 Å². The lowest BCUT2D eigenvalue weighted by atomic mass is 10.3. The van der Waals surface area contributed by atoms with Gasteiger partial charge in [-0.25, -0.2) is 0 Å². The van der Waals surface area contributed by atoms with Gasteiger partial charge in [-0.3, -0.25) is 0 Å². The third kappa shape index (κ3) is 2.03. The highest BCUT2D eigenvalue weighted by Crippen LogP contribution is 2.27. The molecule has 2 heterocycles. The molecule has 5 nitrogen and oxygen atoms in total. The number of aromatic nitrogens is 2. The summed E-state index contributed by atoms with van der Waals surface area (Å²) < 4.78 is 10.9. The molecule has 0 unspecified atom stereocenters. The molecule has 1 N–H and O–H groups in total. The summed E-state index contributed by atoms with van der Waals surface area (Å²) in [5, 5.41) is 7.23. The van der Waals surface area contributed by atoms with Crippen LogP contribution >= 0.6 is 15.9 Å². The van der Waals surface area contributed by atoms with Gasteiger partial charge in [-0.2, -0.15) is 4.98 Å². The van der Waals surface area contributed by atoms with Gasteiger partial charge in [0.15, 0.2) is 10.5 Å². The van der Waals surface area contributed by atoms with E-state index in [1.807, 2.05) is 0 Å². The Morgan fingerprint density at radius 2 is 2.38 bits per heavy atom. The monoisotopic (exact) mass is 283 g/mol. The molecule has 1 fully saturated rings. The molecule has 2 aromatic heterocycles. The van der Waals surface area contributed by atoms with Crippen LogP contribution in [0.5, 0.6) is 0 Å². The summed E-state index contributed by atoms with van der Waals surface area (Å²) in [5.41, 5.74) is 0.783. The minimum absolute atomic E-state index is 0.480. The Hall–Kier alpha value is -1.14. The van der Waals surface area contributed by atoms with Gasteiger partial charge < -0.3 is 14.3 Å². The fourth-order valence-corrected chi connectivity index (χ4v) is 1.81. The van der Waals surface area contributed by atoms with Crippen LogP contribution in [0.2, 0.25) is 0 Å². The summed E-state index contributed by atoms with van der Waals surface area (Å²) in [7, 11) is 0. The number of rotatable bonds is 4. The van der Waals surface area contributed by atoms with E-state index in [9.17, 15) is 0 Å². The Labute approximate surface area is 100 Å². The number of furan rings is 1. The Morgan fingerprint density at radius 1 is 1.50 bits per heavy atom. The molecule has 1 saturated carbocycles. The predicted molar refractivity (Wildman–Crippen MR) is 59.6 cm³/mol. The molecule has 0 atom stereocenters.